The Morgan fingerprint density at radius 1 is 1.20 bits per heavy atom. The molecule has 2 aliphatic heterocycles. The van der Waals surface area contributed by atoms with Crippen molar-refractivity contribution in [1.82, 2.24) is 4.90 Å². The van der Waals surface area contributed by atoms with Crippen LogP contribution in [0.2, 0.25) is 0 Å². The van der Waals surface area contributed by atoms with Gasteiger partial charge in [0.25, 0.3) is 5.91 Å². The van der Waals surface area contributed by atoms with Crippen molar-refractivity contribution >= 4 is 17.5 Å². The predicted octanol–water partition coefficient (Wildman–Crippen LogP) is 2.31. The molecule has 2 amide bonds. The number of carbonyl (C=O) groups is 2. The van der Waals surface area contributed by atoms with Crippen molar-refractivity contribution in [2.24, 2.45) is 0 Å². The first kappa shape index (κ1) is 15.5. The summed E-state index contributed by atoms with van der Waals surface area (Å²) >= 11 is 0. The number of carbonyl (C=O) groups excluding carboxylic acids is 2. The molecule has 1 N–H and O–H groups in total. The summed E-state index contributed by atoms with van der Waals surface area (Å²) in [5.41, 5.74) is 1.08. The topological polar surface area (TPSA) is 67.9 Å². The third kappa shape index (κ3) is 2.69. The van der Waals surface area contributed by atoms with E-state index < -0.39 is 6.04 Å². The van der Waals surface area contributed by atoms with Crippen LogP contribution in [0.1, 0.15) is 16.8 Å². The highest BCUT2D eigenvalue weighted by molar-refractivity contribution is 6.03. The molecule has 2 heterocycles. The second kappa shape index (κ2) is 6.12. The van der Waals surface area contributed by atoms with E-state index in [9.17, 15) is 9.59 Å². The number of hydrogen-bond donors (Lipinski definition) is 1. The molecule has 128 valence electrons. The molecule has 2 aromatic carbocycles. The molecule has 2 aromatic rings. The Kier molecular flexibility index (Phi) is 3.80. The fourth-order valence-corrected chi connectivity index (χ4v) is 3.40. The number of para-hydroxylation sites is 3. The number of methoxy groups -OCH3 is 1. The fraction of sp³-hybridized carbons (Fsp3) is 0.263. The van der Waals surface area contributed by atoms with Crippen LogP contribution in [0, 0.1) is 0 Å². The van der Waals surface area contributed by atoms with Crippen LogP contribution in [-0.4, -0.2) is 42.5 Å². The number of ether oxygens (including phenoxy) is 2. The molecule has 1 fully saturated rings. The van der Waals surface area contributed by atoms with Crippen LogP contribution in [0.3, 0.4) is 0 Å². The summed E-state index contributed by atoms with van der Waals surface area (Å²) in [5, 5.41) is 2.87. The van der Waals surface area contributed by atoms with Crippen LogP contribution in [-0.2, 0) is 4.79 Å². The molecule has 2 atom stereocenters. The minimum atomic E-state index is -0.559. The van der Waals surface area contributed by atoms with E-state index in [2.05, 4.69) is 5.32 Å². The lowest BCUT2D eigenvalue weighted by molar-refractivity contribution is -0.119. The van der Waals surface area contributed by atoms with Gasteiger partial charge in [0.15, 0.2) is 0 Å². The lowest BCUT2D eigenvalue weighted by Crippen LogP contribution is -2.43. The zero-order valence-electron chi connectivity index (χ0n) is 13.8. The van der Waals surface area contributed by atoms with Gasteiger partial charge in [-0.05, 0) is 24.3 Å². The number of benzene rings is 2. The highest BCUT2D eigenvalue weighted by Gasteiger charge is 2.43. The molecule has 2 unspecified atom stereocenters. The first-order chi connectivity index (χ1) is 12.2. The van der Waals surface area contributed by atoms with Gasteiger partial charge < -0.3 is 19.7 Å². The summed E-state index contributed by atoms with van der Waals surface area (Å²) in [6.07, 6.45) is 0.261. The number of amides is 2. The number of rotatable bonds is 2. The van der Waals surface area contributed by atoms with Crippen molar-refractivity contribution in [2.75, 3.05) is 19.0 Å². The molecular formula is C19H18N2O4. The molecule has 0 radical (unpaired) electrons. The van der Waals surface area contributed by atoms with Gasteiger partial charge in [0.1, 0.15) is 23.6 Å². The van der Waals surface area contributed by atoms with Crippen molar-refractivity contribution in [3.8, 4) is 11.5 Å². The van der Waals surface area contributed by atoms with E-state index in [-0.39, 0.29) is 17.9 Å². The van der Waals surface area contributed by atoms with E-state index in [0.717, 1.165) is 0 Å². The smallest absolute Gasteiger partial charge is 0.258 e. The number of hydrogen-bond acceptors (Lipinski definition) is 4. The Balaban J connectivity index is 1.66. The highest BCUT2D eigenvalue weighted by Crippen LogP contribution is 2.33. The zero-order chi connectivity index (χ0) is 17.4. The van der Waals surface area contributed by atoms with Crippen LogP contribution in [0.5, 0.6) is 11.5 Å². The largest absolute Gasteiger partial charge is 0.496 e. The molecular weight excluding hydrogens is 320 g/mol. The molecule has 2 aliphatic rings. The zero-order valence-corrected chi connectivity index (χ0v) is 13.8. The number of likely N-dealkylation sites (tertiary alicyclic amines) is 1. The van der Waals surface area contributed by atoms with Crippen molar-refractivity contribution in [1.29, 1.82) is 0 Å². The van der Waals surface area contributed by atoms with Crippen LogP contribution in [0.25, 0.3) is 0 Å². The quantitative estimate of drug-likeness (QED) is 0.912. The summed E-state index contributed by atoms with van der Waals surface area (Å²) in [6, 6.07) is 13.8. The van der Waals surface area contributed by atoms with E-state index in [1.807, 2.05) is 18.2 Å². The molecule has 6 heteroatoms. The highest BCUT2D eigenvalue weighted by atomic mass is 16.5. The minimum Gasteiger partial charge on any atom is -0.496 e. The molecule has 0 saturated carbocycles. The van der Waals surface area contributed by atoms with Gasteiger partial charge in [-0.3, -0.25) is 9.59 Å². The van der Waals surface area contributed by atoms with Crippen molar-refractivity contribution in [3.63, 3.8) is 0 Å². The first-order valence-electron chi connectivity index (χ1n) is 8.18. The number of anilines is 1. The van der Waals surface area contributed by atoms with Gasteiger partial charge in [-0.1, -0.05) is 24.3 Å². The van der Waals surface area contributed by atoms with Crippen LogP contribution < -0.4 is 14.8 Å². The summed E-state index contributed by atoms with van der Waals surface area (Å²) in [4.78, 5) is 27.3. The van der Waals surface area contributed by atoms with Gasteiger partial charge in [0.05, 0.1) is 24.9 Å². The second-order valence-electron chi connectivity index (χ2n) is 6.13. The maximum Gasteiger partial charge on any atom is 0.258 e. The number of nitrogens with zero attached hydrogens (tertiary/aromatic N) is 1. The van der Waals surface area contributed by atoms with Gasteiger partial charge >= 0.3 is 0 Å². The van der Waals surface area contributed by atoms with Crippen molar-refractivity contribution in [3.05, 3.63) is 54.1 Å². The Morgan fingerprint density at radius 3 is 2.80 bits per heavy atom. The fourth-order valence-electron chi connectivity index (χ4n) is 3.40. The molecule has 25 heavy (non-hydrogen) atoms. The van der Waals surface area contributed by atoms with E-state index in [0.29, 0.717) is 35.7 Å². The first-order valence-corrected chi connectivity index (χ1v) is 8.18. The monoisotopic (exact) mass is 338 g/mol. The Labute approximate surface area is 145 Å². The molecule has 4 rings (SSSR count). The van der Waals surface area contributed by atoms with Crippen LogP contribution >= 0.6 is 0 Å². The average Bonchev–Trinajstić information content (AvgIpc) is 3.07. The molecule has 6 nitrogen and oxygen atoms in total. The Morgan fingerprint density at radius 2 is 1.96 bits per heavy atom. The maximum absolute atomic E-state index is 13.0. The van der Waals surface area contributed by atoms with E-state index >= 15 is 0 Å². The second-order valence-corrected chi connectivity index (χ2v) is 6.13. The van der Waals surface area contributed by atoms with Gasteiger partial charge in [-0.2, -0.15) is 0 Å². The molecule has 2 bridgehead atoms. The van der Waals surface area contributed by atoms with E-state index in [4.69, 9.17) is 9.47 Å². The lowest BCUT2D eigenvalue weighted by Gasteiger charge is -2.24. The third-order valence-electron chi connectivity index (χ3n) is 4.60. The molecule has 0 aliphatic carbocycles. The summed E-state index contributed by atoms with van der Waals surface area (Å²) < 4.78 is 11.3. The van der Waals surface area contributed by atoms with E-state index in [1.165, 1.54) is 7.11 Å². The van der Waals surface area contributed by atoms with Gasteiger partial charge in [0, 0.05) is 6.42 Å². The summed E-state index contributed by atoms with van der Waals surface area (Å²) in [5.74, 6) is 0.705. The Bertz CT molecular complexity index is 836. The van der Waals surface area contributed by atoms with Crippen molar-refractivity contribution in [2.45, 2.75) is 18.6 Å². The average molecular weight is 338 g/mol. The molecule has 0 spiro atoms. The summed E-state index contributed by atoms with van der Waals surface area (Å²) in [6.45, 7) is 0.364. The maximum atomic E-state index is 13.0. The number of nitrogens with one attached hydrogen (secondary N) is 1. The lowest BCUT2D eigenvalue weighted by atomic mass is 10.1. The minimum absolute atomic E-state index is 0.193. The standard InChI is InChI=1S/C19H18N2O4/c1-24-16-8-4-2-6-13(16)19(23)21-11-12-10-15(21)18(22)20-14-7-3-5-9-17(14)25-12/h2-9,12,15H,10-11H2,1H3,(H,20,22). The SMILES string of the molecule is COc1ccccc1C(=O)N1CC2CC1C(=O)Nc1ccccc1O2. The Hall–Kier alpha value is -3.02. The predicted molar refractivity (Wildman–Crippen MR) is 91.9 cm³/mol. The third-order valence-corrected chi connectivity index (χ3v) is 4.60. The van der Waals surface area contributed by atoms with Gasteiger partial charge in [-0.25, -0.2) is 0 Å². The van der Waals surface area contributed by atoms with Gasteiger partial charge in [0.2, 0.25) is 5.91 Å². The van der Waals surface area contributed by atoms with Crippen LogP contribution in [0.4, 0.5) is 5.69 Å². The summed E-state index contributed by atoms with van der Waals surface area (Å²) in [7, 11) is 1.52. The van der Waals surface area contributed by atoms with Crippen molar-refractivity contribution < 1.29 is 19.1 Å². The normalized spacial score (nSPS) is 21.5. The molecule has 0 aromatic heterocycles. The molecule has 1 saturated heterocycles. The van der Waals surface area contributed by atoms with Gasteiger partial charge in [-0.15, -0.1) is 0 Å². The van der Waals surface area contributed by atoms with E-state index in [1.54, 1.807) is 35.2 Å². The van der Waals surface area contributed by atoms with Crippen LogP contribution in [0.15, 0.2) is 48.5 Å². The number of fused-ring (bicyclic) bond motifs is 3.